The molecule has 1 aliphatic rings. The molecule has 0 spiro atoms. The third-order valence-corrected chi connectivity index (χ3v) is 3.36. The van der Waals surface area contributed by atoms with Crippen LogP contribution in [0.15, 0.2) is 0 Å². The normalized spacial score (nSPS) is 21.0. The SMILES string of the molecule is COC(OC)C(C)NC1CCN(CC(F)(F)F)CC1. The van der Waals surface area contributed by atoms with Gasteiger partial charge in [-0.25, -0.2) is 0 Å². The highest BCUT2D eigenvalue weighted by Gasteiger charge is 2.33. The molecule has 0 amide bonds. The molecule has 1 fully saturated rings. The standard InChI is InChI=1S/C12H23F3N2O2/c1-9(11(18-2)19-3)16-10-4-6-17(7-5-10)8-12(13,14)15/h9-11,16H,4-8H2,1-3H3. The molecule has 1 rings (SSSR count). The van der Waals surface area contributed by atoms with Gasteiger partial charge in [0.25, 0.3) is 0 Å². The Labute approximate surface area is 112 Å². The monoisotopic (exact) mass is 284 g/mol. The molecule has 19 heavy (non-hydrogen) atoms. The maximum Gasteiger partial charge on any atom is 0.401 e. The second-order valence-corrected chi connectivity index (χ2v) is 4.96. The van der Waals surface area contributed by atoms with E-state index < -0.39 is 12.7 Å². The summed E-state index contributed by atoms with van der Waals surface area (Å²) in [5.41, 5.74) is 0. The molecule has 0 aliphatic carbocycles. The fourth-order valence-corrected chi connectivity index (χ4v) is 2.47. The summed E-state index contributed by atoms with van der Waals surface area (Å²) >= 11 is 0. The summed E-state index contributed by atoms with van der Waals surface area (Å²) in [5, 5.41) is 3.35. The van der Waals surface area contributed by atoms with Crippen LogP contribution in [0.1, 0.15) is 19.8 Å². The number of nitrogens with zero attached hydrogens (tertiary/aromatic N) is 1. The van der Waals surface area contributed by atoms with Crippen LogP contribution in [0, 0.1) is 0 Å². The van der Waals surface area contributed by atoms with Crippen molar-refractivity contribution in [2.45, 2.75) is 44.3 Å². The Hall–Kier alpha value is -0.370. The minimum Gasteiger partial charge on any atom is -0.354 e. The number of alkyl halides is 3. The number of rotatable bonds is 6. The summed E-state index contributed by atoms with van der Waals surface area (Å²) in [4.78, 5) is 1.45. The Morgan fingerprint density at radius 1 is 1.21 bits per heavy atom. The van der Waals surface area contributed by atoms with Gasteiger partial charge in [-0.1, -0.05) is 0 Å². The zero-order valence-corrected chi connectivity index (χ0v) is 11.7. The summed E-state index contributed by atoms with van der Waals surface area (Å²) in [6.07, 6.45) is -3.03. The zero-order valence-electron chi connectivity index (χ0n) is 11.7. The Bertz CT molecular complexity index is 252. The van der Waals surface area contributed by atoms with E-state index in [0.29, 0.717) is 25.9 Å². The maximum absolute atomic E-state index is 12.3. The highest BCUT2D eigenvalue weighted by Crippen LogP contribution is 2.20. The predicted molar refractivity (Wildman–Crippen MR) is 65.9 cm³/mol. The van der Waals surface area contributed by atoms with Crippen molar-refractivity contribution in [3.8, 4) is 0 Å². The molecule has 114 valence electrons. The number of likely N-dealkylation sites (tertiary alicyclic amines) is 1. The molecular formula is C12H23F3N2O2. The Morgan fingerprint density at radius 3 is 2.16 bits per heavy atom. The van der Waals surface area contributed by atoms with Gasteiger partial charge >= 0.3 is 6.18 Å². The van der Waals surface area contributed by atoms with Crippen LogP contribution in [0.4, 0.5) is 13.2 Å². The van der Waals surface area contributed by atoms with Gasteiger partial charge < -0.3 is 14.8 Å². The van der Waals surface area contributed by atoms with Gasteiger partial charge in [0, 0.05) is 20.3 Å². The minimum atomic E-state index is -4.11. The smallest absolute Gasteiger partial charge is 0.354 e. The number of hydrogen-bond donors (Lipinski definition) is 1. The van der Waals surface area contributed by atoms with Crippen molar-refractivity contribution in [2.24, 2.45) is 0 Å². The van der Waals surface area contributed by atoms with Crippen LogP contribution in [-0.4, -0.2) is 63.3 Å². The van der Waals surface area contributed by atoms with E-state index in [-0.39, 0.29) is 18.4 Å². The molecule has 1 N–H and O–H groups in total. The molecule has 0 saturated carbocycles. The third kappa shape index (κ3) is 6.07. The Kier molecular flexibility index (Phi) is 6.52. The molecule has 1 aliphatic heterocycles. The van der Waals surface area contributed by atoms with Crippen molar-refractivity contribution in [1.82, 2.24) is 10.2 Å². The van der Waals surface area contributed by atoms with Crippen LogP contribution < -0.4 is 5.32 Å². The third-order valence-electron chi connectivity index (χ3n) is 3.36. The maximum atomic E-state index is 12.3. The van der Waals surface area contributed by atoms with Crippen molar-refractivity contribution in [3.63, 3.8) is 0 Å². The second-order valence-electron chi connectivity index (χ2n) is 4.96. The molecule has 1 saturated heterocycles. The van der Waals surface area contributed by atoms with E-state index in [1.54, 1.807) is 14.2 Å². The lowest BCUT2D eigenvalue weighted by Crippen LogP contribution is -2.50. The Morgan fingerprint density at radius 2 is 1.74 bits per heavy atom. The molecule has 4 nitrogen and oxygen atoms in total. The van der Waals surface area contributed by atoms with Gasteiger partial charge in [-0.15, -0.1) is 0 Å². The quantitative estimate of drug-likeness (QED) is 0.751. The van der Waals surface area contributed by atoms with Crippen molar-refractivity contribution < 1.29 is 22.6 Å². The number of piperidine rings is 1. The van der Waals surface area contributed by atoms with Gasteiger partial charge in [0.05, 0.1) is 12.6 Å². The summed E-state index contributed by atoms with van der Waals surface area (Å²) in [7, 11) is 3.14. The molecule has 0 bridgehead atoms. The van der Waals surface area contributed by atoms with Crippen molar-refractivity contribution >= 4 is 0 Å². The number of hydrogen-bond acceptors (Lipinski definition) is 4. The largest absolute Gasteiger partial charge is 0.401 e. The van der Waals surface area contributed by atoms with E-state index in [2.05, 4.69) is 5.32 Å². The van der Waals surface area contributed by atoms with Gasteiger partial charge in [0.2, 0.25) is 0 Å². The van der Waals surface area contributed by atoms with E-state index in [0.717, 1.165) is 0 Å². The molecule has 1 unspecified atom stereocenters. The Balaban J connectivity index is 2.30. The van der Waals surface area contributed by atoms with Crippen LogP contribution in [0.2, 0.25) is 0 Å². The van der Waals surface area contributed by atoms with Gasteiger partial charge in [-0.3, -0.25) is 4.90 Å². The highest BCUT2D eigenvalue weighted by atomic mass is 19.4. The fraction of sp³-hybridized carbons (Fsp3) is 1.00. The first-order valence-corrected chi connectivity index (χ1v) is 6.46. The molecular weight excluding hydrogens is 261 g/mol. The zero-order chi connectivity index (χ0) is 14.5. The summed E-state index contributed by atoms with van der Waals surface area (Å²) in [5.74, 6) is 0. The number of halogens is 3. The molecule has 0 radical (unpaired) electrons. The molecule has 7 heteroatoms. The van der Waals surface area contributed by atoms with Crippen molar-refractivity contribution in [3.05, 3.63) is 0 Å². The topological polar surface area (TPSA) is 33.7 Å². The molecule has 0 aromatic heterocycles. The van der Waals surface area contributed by atoms with E-state index >= 15 is 0 Å². The highest BCUT2D eigenvalue weighted by molar-refractivity contribution is 4.81. The van der Waals surface area contributed by atoms with Gasteiger partial charge in [-0.2, -0.15) is 13.2 Å². The van der Waals surface area contributed by atoms with Crippen LogP contribution >= 0.6 is 0 Å². The van der Waals surface area contributed by atoms with E-state index in [1.165, 1.54) is 4.90 Å². The average Bonchev–Trinajstić information content (AvgIpc) is 2.31. The molecule has 0 aromatic rings. The lowest BCUT2D eigenvalue weighted by molar-refractivity contribution is -0.148. The first kappa shape index (κ1) is 16.7. The molecule has 1 atom stereocenters. The second kappa shape index (κ2) is 7.42. The molecule has 1 heterocycles. The first-order valence-electron chi connectivity index (χ1n) is 6.46. The van der Waals surface area contributed by atoms with Crippen LogP contribution in [0.3, 0.4) is 0 Å². The number of ether oxygens (including phenoxy) is 2. The van der Waals surface area contributed by atoms with E-state index in [9.17, 15) is 13.2 Å². The average molecular weight is 284 g/mol. The van der Waals surface area contributed by atoms with Crippen LogP contribution in [0.5, 0.6) is 0 Å². The van der Waals surface area contributed by atoms with Crippen molar-refractivity contribution in [1.29, 1.82) is 0 Å². The van der Waals surface area contributed by atoms with Crippen LogP contribution in [-0.2, 0) is 9.47 Å². The van der Waals surface area contributed by atoms with Crippen molar-refractivity contribution in [2.75, 3.05) is 33.9 Å². The lowest BCUT2D eigenvalue weighted by atomic mass is 10.0. The van der Waals surface area contributed by atoms with Gasteiger partial charge in [0.1, 0.15) is 0 Å². The minimum absolute atomic E-state index is 0.00849. The van der Waals surface area contributed by atoms with Gasteiger partial charge in [0.15, 0.2) is 6.29 Å². The fourth-order valence-electron chi connectivity index (χ4n) is 2.47. The van der Waals surface area contributed by atoms with E-state index in [1.807, 2.05) is 6.92 Å². The van der Waals surface area contributed by atoms with Gasteiger partial charge in [-0.05, 0) is 32.9 Å². The molecule has 0 aromatic carbocycles. The van der Waals surface area contributed by atoms with Crippen LogP contribution in [0.25, 0.3) is 0 Å². The summed E-state index contributed by atoms with van der Waals surface area (Å²) < 4.78 is 47.1. The predicted octanol–water partition coefficient (Wildman–Crippen LogP) is 1.61. The summed E-state index contributed by atoms with van der Waals surface area (Å²) in [6.45, 7) is 2.07. The lowest BCUT2D eigenvalue weighted by Gasteiger charge is -2.35. The van der Waals surface area contributed by atoms with E-state index in [4.69, 9.17) is 9.47 Å². The first-order chi connectivity index (χ1) is 8.85. The number of methoxy groups -OCH3 is 2. The summed E-state index contributed by atoms with van der Waals surface area (Å²) in [6, 6.07) is 0.224. The number of nitrogens with one attached hydrogen (secondary N) is 1.